The first-order valence-electron chi connectivity index (χ1n) is 8.61. The van der Waals surface area contributed by atoms with E-state index in [9.17, 15) is 17.6 Å². The molecule has 0 unspecified atom stereocenters. The third-order valence-electron chi connectivity index (χ3n) is 4.77. The summed E-state index contributed by atoms with van der Waals surface area (Å²) in [5.74, 6) is -0.581. The lowest BCUT2D eigenvalue weighted by Gasteiger charge is -2.29. The van der Waals surface area contributed by atoms with Crippen molar-refractivity contribution in [3.8, 4) is 0 Å². The summed E-state index contributed by atoms with van der Waals surface area (Å²) in [6.07, 6.45) is 3.08. The van der Waals surface area contributed by atoms with Crippen LogP contribution in [0.2, 0.25) is 5.02 Å². The minimum absolute atomic E-state index is 0.0850. The predicted octanol–water partition coefficient (Wildman–Crippen LogP) is 3.49. The molecule has 0 radical (unpaired) electrons. The molecule has 0 saturated carbocycles. The Balaban J connectivity index is 1.81. The standard InChI is InChI=1S/C18H21ClFN3O3S/c1-12-5-7-23(8-6-12)27(25,26)14-10-17(22(2)11-14)18(24)21-13-3-4-16(20)15(19)9-13/h3-4,9-12H,5-8H2,1-2H3,(H,21,24). The first-order chi connectivity index (χ1) is 12.7. The van der Waals surface area contributed by atoms with Gasteiger partial charge in [-0.15, -0.1) is 0 Å². The monoisotopic (exact) mass is 413 g/mol. The van der Waals surface area contributed by atoms with E-state index in [-0.39, 0.29) is 15.6 Å². The molecule has 1 fully saturated rings. The van der Waals surface area contributed by atoms with Crippen LogP contribution in [0.3, 0.4) is 0 Å². The highest BCUT2D eigenvalue weighted by Gasteiger charge is 2.30. The summed E-state index contributed by atoms with van der Waals surface area (Å²) in [5.41, 5.74) is 0.501. The summed E-state index contributed by atoms with van der Waals surface area (Å²) in [4.78, 5) is 12.6. The third kappa shape index (κ3) is 4.17. The largest absolute Gasteiger partial charge is 0.345 e. The van der Waals surface area contributed by atoms with Crippen LogP contribution in [0.25, 0.3) is 0 Å². The second-order valence-electron chi connectivity index (χ2n) is 6.84. The van der Waals surface area contributed by atoms with Crippen LogP contribution in [0.15, 0.2) is 35.4 Å². The molecule has 27 heavy (non-hydrogen) atoms. The normalized spacial score (nSPS) is 16.4. The molecule has 0 aliphatic carbocycles. The molecule has 6 nitrogen and oxygen atoms in total. The van der Waals surface area contributed by atoms with Crippen molar-refractivity contribution < 1.29 is 17.6 Å². The number of rotatable bonds is 4. The number of nitrogens with one attached hydrogen (secondary N) is 1. The van der Waals surface area contributed by atoms with Gasteiger partial charge in [0, 0.05) is 32.0 Å². The number of halogens is 2. The summed E-state index contributed by atoms with van der Waals surface area (Å²) >= 11 is 5.72. The maximum absolute atomic E-state index is 13.2. The predicted molar refractivity (Wildman–Crippen MR) is 102 cm³/mol. The number of aromatic nitrogens is 1. The molecule has 1 amide bonds. The van der Waals surface area contributed by atoms with Crippen LogP contribution < -0.4 is 5.32 Å². The lowest BCUT2D eigenvalue weighted by molar-refractivity contribution is 0.101. The Labute approximate surface area is 163 Å². The first-order valence-corrected chi connectivity index (χ1v) is 10.4. The smallest absolute Gasteiger partial charge is 0.272 e. The van der Waals surface area contributed by atoms with Gasteiger partial charge in [0.25, 0.3) is 5.91 Å². The highest BCUT2D eigenvalue weighted by Crippen LogP contribution is 2.25. The van der Waals surface area contributed by atoms with E-state index < -0.39 is 21.7 Å². The van der Waals surface area contributed by atoms with Crippen molar-refractivity contribution in [2.24, 2.45) is 13.0 Å². The molecule has 1 aromatic carbocycles. The van der Waals surface area contributed by atoms with Gasteiger partial charge in [-0.2, -0.15) is 4.31 Å². The van der Waals surface area contributed by atoms with Crippen molar-refractivity contribution in [1.29, 1.82) is 0 Å². The molecule has 0 bridgehead atoms. The molecule has 1 aliphatic heterocycles. The lowest BCUT2D eigenvalue weighted by Crippen LogP contribution is -2.37. The Morgan fingerprint density at radius 3 is 2.56 bits per heavy atom. The van der Waals surface area contributed by atoms with E-state index in [4.69, 9.17) is 11.6 Å². The third-order valence-corrected chi connectivity index (χ3v) is 6.92. The quantitative estimate of drug-likeness (QED) is 0.833. The summed E-state index contributed by atoms with van der Waals surface area (Å²) in [7, 11) is -2.04. The van der Waals surface area contributed by atoms with E-state index in [0.717, 1.165) is 18.9 Å². The van der Waals surface area contributed by atoms with Gasteiger partial charge >= 0.3 is 0 Å². The molecule has 1 saturated heterocycles. The van der Waals surface area contributed by atoms with Crippen LogP contribution in [-0.2, 0) is 17.1 Å². The second-order valence-corrected chi connectivity index (χ2v) is 9.19. The Hall–Kier alpha value is -1.90. The average Bonchev–Trinajstić information content (AvgIpc) is 3.01. The number of nitrogens with zero attached hydrogens (tertiary/aromatic N) is 2. The van der Waals surface area contributed by atoms with Crippen LogP contribution in [0.4, 0.5) is 10.1 Å². The number of carbonyl (C=O) groups is 1. The summed E-state index contributed by atoms with van der Waals surface area (Å²) < 4.78 is 41.8. The van der Waals surface area contributed by atoms with Crippen LogP contribution in [0, 0.1) is 11.7 Å². The van der Waals surface area contributed by atoms with Gasteiger partial charge in [-0.1, -0.05) is 18.5 Å². The van der Waals surface area contributed by atoms with Crippen molar-refractivity contribution in [3.05, 3.63) is 47.0 Å². The molecule has 1 N–H and O–H groups in total. The Morgan fingerprint density at radius 2 is 1.93 bits per heavy atom. The number of sulfonamides is 1. The van der Waals surface area contributed by atoms with Crippen LogP contribution in [-0.4, -0.2) is 36.3 Å². The van der Waals surface area contributed by atoms with E-state index in [2.05, 4.69) is 12.2 Å². The number of benzene rings is 1. The molecule has 2 aromatic rings. The van der Waals surface area contributed by atoms with Gasteiger partial charge in [0.05, 0.1) is 5.02 Å². The van der Waals surface area contributed by atoms with E-state index >= 15 is 0 Å². The fraction of sp³-hybridized carbons (Fsp3) is 0.389. The van der Waals surface area contributed by atoms with Crippen LogP contribution in [0.1, 0.15) is 30.3 Å². The maximum atomic E-state index is 13.2. The van der Waals surface area contributed by atoms with Gasteiger partial charge in [-0.25, -0.2) is 12.8 Å². The topological polar surface area (TPSA) is 71.4 Å². The molecule has 2 heterocycles. The van der Waals surface area contributed by atoms with Crippen molar-refractivity contribution in [2.75, 3.05) is 18.4 Å². The van der Waals surface area contributed by atoms with Crippen molar-refractivity contribution in [1.82, 2.24) is 8.87 Å². The Bertz CT molecular complexity index is 966. The Morgan fingerprint density at radius 1 is 1.26 bits per heavy atom. The maximum Gasteiger partial charge on any atom is 0.272 e. The van der Waals surface area contributed by atoms with Gasteiger partial charge in [-0.3, -0.25) is 4.79 Å². The second kappa shape index (κ2) is 7.61. The summed E-state index contributed by atoms with van der Waals surface area (Å²) in [6, 6.07) is 5.18. The highest BCUT2D eigenvalue weighted by atomic mass is 35.5. The van der Waals surface area contributed by atoms with Crippen molar-refractivity contribution in [2.45, 2.75) is 24.7 Å². The zero-order valence-electron chi connectivity index (χ0n) is 15.1. The molecule has 3 rings (SSSR count). The first kappa shape index (κ1) is 19.9. The minimum atomic E-state index is -3.64. The molecular weight excluding hydrogens is 393 g/mol. The van der Waals surface area contributed by atoms with Gasteiger partial charge in [0.2, 0.25) is 10.0 Å². The van der Waals surface area contributed by atoms with E-state index in [1.165, 1.54) is 33.3 Å². The summed E-state index contributed by atoms with van der Waals surface area (Å²) in [5, 5.41) is 2.49. The number of carbonyl (C=O) groups excluding carboxylic acids is 1. The number of amides is 1. The van der Waals surface area contributed by atoms with Crippen molar-refractivity contribution >= 4 is 33.2 Å². The Kier molecular flexibility index (Phi) is 5.60. The summed E-state index contributed by atoms with van der Waals surface area (Å²) in [6.45, 7) is 3.07. The molecule has 0 atom stereocenters. The number of anilines is 1. The number of hydrogen-bond acceptors (Lipinski definition) is 3. The molecule has 1 aliphatic rings. The zero-order chi connectivity index (χ0) is 19.8. The van der Waals surface area contributed by atoms with Crippen LogP contribution in [0.5, 0.6) is 0 Å². The van der Waals surface area contributed by atoms with Gasteiger partial charge in [0.1, 0.15) is 16.4 Å². The molecule has 1 aromatic heterocycles. The molecule has 0 spiro atoms. The number of hydrogen-bond donors (Lipinski definition) is 1. The lowest BCUT2D eigenvalue weighted by atomic mass is 10.0. The highest BCUT2D eigenvalue weighted by molar-refractivity contribution is 7.89. The SMILES string of the molecule is CC1CCN(S(=O)(=O)c2cc(C(=O)Nc3ccc(F)c(Cl)c3)n(C)c2)CC1. The molecule has 9 heteroatoms. The minimum Gasteiger partial charge on any atom is -0.345 e. The fourth-order valence-electron chi connectivity index (χ4n) is 3.04. The van der Waals surface area contributed by atoms with E-state index in [0.29, 0.717) is 24.7 Å². The van der Waals surface area contributed by atoms with Gasteiger partial charge in [-0.05, 0) is 43.0 Å². The van der Waals surface area contributed by atoms with Gasteiger partial charge < -0.3 is 9.88 Å². The van der Waals surface area contributed by atoms with Crippen molar-refractivity contribution in [3.63, 3.8) is 0 Å². The molecule has 146 valence electrons. The number of piperidine rings is 1. The molecular formula is C18H21ClFN3O3S. The average molecular weight is 414 g/mol. The van der Waals surface area contributed by atoms with Gasteiger partial charge in [0.15, 0.2) is 0 Å². The van der Waals surface area contributed by atoms with E-state index in [1.54, 1.807) is 7.05 Å². The van der Waals surface area contributed by atoms with Crippen LogP contribution >= 0.6 is 11.6 Å². The fourth-order valence-corrected chi connectivity index (χ4v) is 4.77. The van der Waals surface area contributed by atoms with E-state index in [1.807, 2.05) is 0 Å². The zero-order valence-corrected chi connectivity index (χ0v) is 16.6. The number of aryl methyl sites for hydroxylation is 1.